The number of nitro benzene ring substituents is 1. The van der Waals surface area contributed by atoms with Crippen molar-refractivity contribution in [2.24, 2.45) is 0 Å². The van der Waals surface area contributed by atoms with Crippen LogP contribution >= 0.6 is 11.6 Å². The van der Waals surface area contributed by atoms with E-state index in [9.17, 15) is 14.9 Å². The Hall–Kier alpha value is -3.26. The van der Waals surface area contributed by atoms with Crippen LogP contribution in [0.1, 0.15) is 18.7 Å². The van der Waals surface area contributed by atoms with Crippen LogP contribution in [0.3, 0.4) is 0 Å². The maximum absolute atomic E-state index is 12.0. The summed E-state index contributed by atoms with van der Waals surface area (Å²) < 4.78 is 5.19. The number of non-ortho nitro benzene ring substituents is 1. The summed E-state index contributed by atoms with van der Waals surface area (Å²) in [6.45, 7) is 0. The van der Waals surface area contributed by atoms with Crippen LogP contribution in [0.25, 0.3) is 11.4 Å². The normalized spacial score (nSPS) is 10.6. The molecule has 2 aromatic carbocycles. The number of nitrogens with one attached hydrogen (secondary N) is 1. The fourth-order valence-corrected chi connectivity index (χ4v) is 2.65. The monoisotopic (exact) mass is 386 g/mol. The van der Waals surface area contributed by atoms with E-state index in [1.807, 2.05) is 12.1 Å². The number of hydrogen-bond acceptors (Lipinski definition) is 6. The fourth-order valence-electron chi connectivity index (χ4n) is 2.43. The zero-order chi connectivity index (χ0) is 19.2. The lowest BCUT2D eigenvalue weighted by molar-refractivity contribution is -0.384. The third-order valence-corrected chi connectivity index (χ3v) is 4.05. The highest BCUT2D eigenvalue weighted by Crippen LogP contribution is 2.25. The molecular formula is C18H15ClN4O4. The van der Waals surface area contributed by atoms with Crippen LogP contribution in [0.2, 0.25) is 5.02 Å². The van der Waals surface area contributed by atoms with Gasteiger partial charge < -0.3 is 9.84 Å². The molecular weight excluding hydrogens is 372 g/mol. The minimum absolute atomic E-state index is 0.0780. The van der Waals surface area contributed by atoms with Crippen LogP contribution in [-0.2, 0) is 11.2 Å². The molecule has 3 rings (SSSR count). The van der Waals surface area contributed by atoms with Gasteiger partial charge in [0.15, 0.2) is 0 Å². The summed E-state index contributed by atoms with van der Waals surface area (Å²) in [5.74, 6) is 0.561. The first kappa shape index (κ1) is 18.5. The summed E-state index contributed by atoms with van der Waals surface area (Å²) >= 11 is 6.10. The molecule has 0 aliphatic heterocycles. The van der Waals surface area contributed by atoms with E-state index >= 15 is 0 Å². The number of nitro groups is 1. The summed E-state index contributed by atoms with van der Waals surface area (Å²) in [5, 5.41) is 17.8. The number of anilines is 1. The number of carbonyl (C=O) groups is 1. The van der Waals surface area contributed by atoms with Crippen molar-refractivity contribution >= 4 is 28.9 Å². The van der Waals surface area contributed by atoms with E-state index in [-0.39, 0.29) is 18.0 Å². The van der Waals surface area contributed by atoms with E-state index in [1.54, 1.807) is 18.2 Å². The summed E-state index contributed by atoms with van der Waals surface area (Å²) in [6, 6.07) is 13.0. The van der Waals surface area contributed by atoms with Gasteiger partial charge in [-0.3, -0.25) is 14.9 Å². The van der Waals surface area contributed by atoms with Crippen LogP contribution in [0.5, 0.6) is 0 Å². The van der Waals surface area contributed by atoms with Gasteiger partial charge in [-0.25, -0.2) is 0 Å². The molecule has 0 spiro atoms. The predicted molar refractivity (Wildman–Crippen MR) is 99.4 cm³/mol. The number of amides is 1. The first-order chi connectivity index (χ1) is 13.0. The number of benzene rings is 2. The van der Waals surface area contributed by atoms with Crippen LogP contribution in [0.15, 0.2) is 53.1 Å². The molecule has 1 aromatic heterocycles. The number of hydrogen-bond donors (Lipinski definition) is 1. The Bertz CT molecular complexity index is 973. The van der Waals surface area contributed by atoms with E-state index in [0.29, 0.717) is 40.8 Å². The molecule has 0 aliphatic rings. The lowest BCUT2D eigenvalue weighted by atomic mass is 10.2. The molecule has 9 heteroatoms. The Kier molecular flexibility index (Phi) is 5.77. The minimum Gasteiger partial charge on any atom is -0.339 e. The molecule has 0 unspecified atom stereocenters. The third kappa shape index (κ3) is 4.89. The highest BCUT2D eigenvalue weighted by molar-refractivity contribution is 6.33. The Morgan fingerprint density at radius 3 is 2.81 bits per heavy atom. The van der Waals surface area contributed by atoms with Crippen molar-refractivity contribution < 1.29 is 14.2 Å². The van der Waals surface area contributed by atoms with Gasteiger partial charge in [0, 0.05) is 36.2 Å². The molecule has 1 heterocycles. The second-order valence-corrected chi connectivity index (χ2v) is 6.11. The lowest BCUT2D eigenvalue weighted by Crippen LogP contribution is -2.11. The molecule has 0 bridgehead atoms. The van der Waals surface area contributed by atoms with Gasteiger partial charge in [0.25, 0.3) is 5.69 Å². The number of halogens is 1. The molecule has 0 aliphatic carbocycles. The summed E-state index contributed by atoms with van der Waals surface area (Å²) in [7, 11) is 0. The van der Waals surface area contributed by atoms with Crippen LogP contribution < -0.4 is 5.32 Å². The Balaban J connectivity index is 1.51. The molecule has 8 nitrogen and oxygen atoms in total. The van der Waals surface area contributed by atoms with Crippen LogP contribution in [-0.4, -0.2) is 21.0 Å². The fraction of sp³-hybridized carbons (Fsp3) is 0.167. The van der Waals surface area contributed by atoms with Crippen molar-refractivity contribution in [1.29, 1.82) is 0 Å². The zero-order valence-electron chi connectivity index (χ0n) is 14.1. The first-order valence-corrected chi connectivity index (χ1v) is 8.52. The molecule has 138 valence electrons. The molecule has 1 amide bonds. The second-order valence-electron chi connectivity index (χ2n) is 5.70. The molecule has 1 N–H and O–H groups in total. The maximum atomic E-state index is 12.0. The molecule has 0 saturated carbocycles. The Morgan fingerprint density at radius 2 is 2.04 bits per heavy atom. The topological polar surface area (TPSA) is 111 Å². The Labute approximate surface area is 159 Å². The summed E-state index contributed by atoms with van der Waals surface area (Å²) in [6.07, 6.45) is 1.14. The maximum Gasteiger partial charge on any atom is 0.271 e. The van der Waals surface area contributed by atoms with Gasteiger partial charge >= 0.3 is 0 Å². The first-order valence-electron chi connectivity index (χ1n) is 8.15. The van der Waals surface area contributed by atoms with E-state index < -0.39 is 4.92 Å². The number of rotatable bonds is 7. The number of carbonyl (C=O) groups excluding carboxylic acids is 1. The van der Waals surface area contributed by atoms with Crippen molar-refractivity contribution in [2.75, 3.05) is 5.32 Å². The standard InChI is InChI=1S/C18H15ClN4O4/c19-15-8-2-1-7-14(15)18-21-17(27-22-18)10-4-9-16(24)20-12-5-3-6-13(11-12)23(25)26/h1-3,5-8,11H,4,9-10H2,(H,20,24). The minimum atomic E-state index is -0.512. The number of aromatic nitrogens is 2. The predicted octanol–water partition coefficient (Wildman–Crippen LogP) is 4.26. The third-order valence-electron chi connectivity index (χ3n) is 3.72. The van der Waals surface area contributed by atoms with Crippen molar-refractivity contribution in [1.82, 2.24) is 10.1 Å². The van der Waals surface area contributed by atoms with Crippen LogP contribution in [0.4, 0.5) is 11.4 Å². The molecule has 27 heavy (non-hydrogen) atoms. The summed E-state index contributed by atoms with van der Waals surface area (Å²) in [4.78, 5) is 26.5. The molecule has 0 atom stereocenters. The smallest absolute Gasteiger partial charge is 0.271 e. The highest BCUT2D eigenvalue weighted by Gasteiger charge is 2.12. The van der Waals surface area contributed by atoms with Gasteiger partial charge in [0.2, 0.25) is 17.6 Å². The van der Waals surface area contributed by atoms with Crippen LogP contribution in [0, 0.1) is 10.1 Å². The van der Waals surface area contributed by atoms with Gasteiger partial charge in [-0.15, -0.1) is 0 Å². The average molecular weight is 387 g/mol. The van der Waals surface area contributed by atoms with Crippen molar-refractivity contribution in [3.8, 4) is 11.4 Å². The molecule has 3 aromatic rings. The summed E-state index contributed by atoms with van der Waals surface area (Å²) in [5.41, 5.74) is 0.983. The van der Waals surface area contributed by atoms with Gasteiger partial charge in [-0.05, 0) is 24.6 Å². The SMILES string of the molecule is O=C(CCCc1nc(-c2ccccc2Cl)no1)Nc1cccc([N+](=O)[O-])c1. The van der Waals surface area contributed by atoms with Gasteiger partial charge in [-0.2, -0.15) is 4.98 Å². The highest BCUT2D eigenvalue weighted by atomic mass is 35.5. The van der Waals surface area contributed by atoms with E-state index in [0.717, 1.165) is 0 Å². The van der Waals surface area contributed by atoms with Gasteiger partial charge in [-0.1, -0.05) is 35.0 Å². The zero-order valence-corrected chi connectivity index (χ0v) is 14.8. The van der Waals surface area contributed by atoms with Crippen molar-refractivity contribution in [3.63, 3.8) is 0 Å². The van der Waals surface area contributed by atoms with Gasteiger partial charge in [0.1, 0.15) is 0 Å². The van der Waals surface area contributed by atoms with E-state index in [1.165, 1.54) is 18.2 Å². The van der Waals surface area contributed by atoms with E-state index in [2.05, 4.69) is 15.5 Å². The molecule has 0 saturated heterocycles. The Morgan fingerprint density at radius 1 is 1.22 bits per heavy atom. The van der Waals surface area contributed by atoms with Crippen molar-refractivity contribution in [2.45, 2.75) is 19.3 Å². The molecule has 0 fully saturated rings. The largest absolute Gasteiger partial charge is 0.339 e. The number of aryl methyl sites for hydroxylation is 1. The quantitative estimate of drug-likeness (QED) is 0.479. The molecule has 0 radical (unpaired) electrons. The average Bonchev–Trinajstić information content (AvgIpc) is 3.11. The number of nitrogens with zero attached hydrogens (tertiary/aromatic N) is 3. The lowest BCUT2D eigenvalue weighted by Gasteiger charge is -2.04. The van der Waals surface area contributed by atoms with Crippen molar-refractivity contribution in [3.05, 3.63) is 69.6 Å². The van der Waals surface area contributed by atoms with Gasteiger partial charge in [0.05, 0.1) is 9.95 Å². The van der Waals surface area contributed by atoms with E-state index in [4.69, 9.17) is 16.1 Å². The second kappa shape index (κ2) is 8.41.